The van der Waals surface area contributed by atoms with Crippen molar-refractivity contribution in [3.05, 3.63) is 90.9 Å². The van der Waals surface area contributed by atoms with E-state index in [1.165, 1.54) is 48.8 Å². The number of sulfone groups is 1. The van der Waals surface area contributed by atoms with Gasteiger partial charge >= 0.3 is 6.18 Å². The Labute approximate surface area is 181 Å². The lowest BCUT2D eigenvalue weighted by Crippen LogP contribution is -2.11. The van der Waals surface area contributed by atoms with E-state index in [0.29, 0.717) is 5.56 Å². The molecule has 4 rings (SSSR count). The van der Waals surface area contributed by atoms with Crippen molar-refractivity contribution in [3.8, 4) is 11.4 Å². The maximum absolute atomic E-state index is 13.4. The molecular formula is C22H15F3N4O2S. The lowest BCUT2D eigenvalue weighted by molar-refractivity contribution is -0.141. The van der Waals surface area contributed by atoms with Crippen molar-refractivity contribution in [3.63, 3.8) is 0 Å². The zero-order valence-corrected chi connectivity index (χ0v) is 17.1. The Kier molecular flexibility index (Phi) is 5.62. The number of nitrogens with one attached hydrogen (secondary N) is 1. The molecule has 2 aromatic heterocycles. The number of pyridine rings is 1. The first-order valence-corrected chi connectivity index (χ1v) is 10.8. The average molecular weight is 456 g/mol. The van der Waals surface area contributed by atoms with Crippen molar-refractivity contribution >= 4 is 21.3 Å². The van der Waals surface area contributed by atoms with Crippen LogP contribution < -0.4 is 5.32 Å². The molecule has 0 aliphatic heterocycles. The molecular weight excluding hydrogens is 441 g/mol. The van der Waals surface area contributed by atoms with Gasteiger partial charge in [0.15, 0.2) is 11.5 Å². The maximum Gasteiger partial charge on any atom is 0.433 e. The first kappa shape index (κ1) is 21.4. The van der Waals surface area contributed by atoms with Crippen LogP contribution in [-0.2, 0) is 16.0 Å². The molecule has 162 valence electrons. The van der Waals surface area contributed by atoms with Gasteiger partial charge in [-0.05, 0) is 42.5 Å². The fourth-order valence-electron chi connectivity index (χ4n) is 2.91. The number of hydrogen-bond acceptors (Lipinski definition) is 6. The number of alkyl halides is 3. The summed E-state index contributed by atoms with van der Waals surface area (Å²) in [5, 5.41) is 2.75. The number of rotatable bonds is 5. The zero-order chi connectivity index (χ0) is 22.8. The predicted molar refractivity (Wildman–Crippen MR) is 112 cm³/mol. The van der Waals surface area contributed by atoms with Crippen LogP contribution in [0.25, 0.3) is 11.4 Å². The Bertz CT molecular complexity index is 1350. The van der Waals surface area contributed by atoms with Gasteiger partial charge in [0, 0.05) is 29.7 Å². The quantitative estimate of drug-likeness (QED) is 0.448. The van der Waals surface area contributed by atoms with Crippen molar-refractivity contribution < 1.29 is 21.6 Å². The van der Waals surface area contributed by atoms with Gasteiger partial charge in [0.2, 0.25) is 9.84 Å². The first-order valence-electron chi connectivity index (χ1n) is 9.27. The molecule has 0 atom stereocenters. The number of anilines is 2. The van der Waals surface area contributed by atoms with Gasteiger partial charge in [0.05, 0.1) is 9.79 Å². The van der Waals surface area contributed by atoms with Crippen LogP contribution in [0.2, 0.25) is 0 Å². The highest BCUT2D eigenvalue weighted by Crippen LogP contribution is 2.32. The fraction of sp³-hybridized carbons (Fsp3) is 0.0455. The van der Waals surface area contributed by atoms with Crippen LogP contribution >= 0.6 is 0 Å². The predicted octanol–water partition coefficient (Wildman–Crippen LogP) is 5.13. The highest BCUT2D eigenvalue weighted by Gasteiger charge is 2.34. The molecule has 0 spiro atoms. The second kappa shape index (κ2) is 8.39. The van der Waals surface area contributed by atoms with Crippen LogP contribution in [0.4, 0.5) is 24.7 Å². The fourth-order valence-corrected chi connectivity index (χ4v) is 4.23. The molecule has 0 amide bonds. The minimum absolute atomic E-state index is 0.00807. The van der Waals surface area contributed by atoms with E-state index in [1.54, 1.807) is 30.3 Å². The van der Waals surface area contributed by atoms with Gasteiger partial charge in [0.1, 0.15) is 5.82 Å². The summed E-state index contributed by atoms with van der Waals surface area (Å²) in [5.41, 5.74) is -0.574. The van der Waals surface area contributed by atoms with Gasteiger partial charge < -0.3 is 5.32 Å². The second-order valence-electron chi connectivity index (χ2n) is 6.67. The SMILES string of the molecule is O=S(=O)(c1ccccc1)c1cccc(Nc2cc(C(F)(F)F)nc(-c3cccnc3)n2)c1. The standard InChI is InChI=1S/C22H15F3N4O2S/c23-22(24,25)19-13-20(29-21(28-19)15-6-5-11-26-14-15)27-16-7-4-10-18(12-16)32(30,31)17-8-2-1-3-9-17/h1-14H,(H,27,28,29). The molecule has 32 heavy (non-hydrogen) atoms. The monoisotopic (exact) mass is 456 g/mol. The molecule has 0 radical (unpaired) electrons. The van der Waals surface area contributed by atoms with Crippen molar-refractivity contribution in [1.82, 2.24) is 15.0 Å². The summed E-state index contributed by atoms with van der Waals surface area (Å²) in [7, 11) is -3.80. The van der Waals surface area contributed by atoms with Crippen LogP contribution in [0.1, 0.15) is 5.69 Å². The Morgan fingerprint density at radius 3 is 2.25 bits per heavy atom. The van der Waals surface area contributed by atoms with Crippen LogP contribution in [0.3, 0.4) is 0 Å². The lowest BCUT2D eigenvalue weighted by atomic mass is 10.2. The summed E-state index contributed by atoms with van der Waals surface area (Å²) in [6, 6.07) is 17.5. The van der Waals surface area contributed by atoms with E-state index in [4.69, 9.17) is 0 Å². The molecule has 6 nitrogen and oxygen atoms in total. The third-order valence-corrected chi connectivity index (χ3v) is 6.17. The molecule has 1 N–H and O–H groups in total. The second-order valence-corrected chi connectivity index (χ2v) is 8.62. The molecule has 0 saturated heterocycles. The smallest absolute Gasteiger partial charge is 0.340 e. The van der Waals surface area contributed by atoms with E-state index in [2.05, 4.69) is 20.3 Å². The van der Waals surface area contributed by atoms with Gasteiger partial charge in [-0.3, -0.25) is 4.98 Å². The number of halogens is 3. The van der Waals surface area contributed by atoms with E-state index in [-0.39, 0.29) is 27.1 Å². The topological polar surface area (TPSA) is 84.8 Å². The van der Waals surface area contributed by atoms with E-state index < -0.39 is 21.7 Å². The molecule has 2 aromatic carbocycles. The molecule has 4 aromatic rings. The van der Waals surface area contributed by atoms with E-state index in [9.17, 15) is 21.6 Å². The number of benzene rings is 2. The molecule has 0 aliphatic rings. The summed E-state index contributed by atoms with van der Waals surface area (Å²) in [5.74, 6) is -0.302. The van der Waals surface area contributed by atoms with E-state index in [0.717, 1.165) is 6.07 Å². The van der Waals surface area contributed by atoms with Gasteiger partial charge in [0.25, 0.3) is 0 Å². The summed E-state index contributed by atoms with van der Waals surface area (Å²) in [4.78, 5) is 11.7. The van der Waals surface area contributed by atoms with Gasteiger partial charge in [-0.1, -0.05) is 24.3 Å². The van der Waals surface area contributed by atoms with Crippen molar-refractivity contribution in [2.75, 3.05) is 5.32 Å². The Morgan fingerprint density at radius 1 is 0.812 bits per heavy atom. The van der Waals surface area contributed by atoms with Gasteiger partial charge in [-0.2, -0.15) is 13.2 Å². The normalized spacial score (nSPS) is 11.8. The molecule has 0 saturated carbocycles. The summed E-state index contributed by atoms with van der Waals surface area (Å²) >= 11 is 0. The third kappa shape index (κ3) is 4.59. The molecule has 0 bridgehead atoms. The highest BCUT2D eigenvalue weighted by atomic mass is 32.2. The molecule has 0 fully saturated rings. The van der Waals surface area contributed by atoms with Crippen molar-refractivity contribution in [2.45, 2.75) is 16.0 Å². The highest BCUT2D eigenvalue weighted by molar-refractivity contribution is 7.91. The number of aromatic nitrogens is 3. The zero-order valence-electron chi connectivity index (χ0n) is 16.3. The Balaban J connectivity index is 1.73. The Morgan fingerprint density at radius 2 is 1.56 bits per heavy atom. The van der Waals surface area contributed by atoms with Crippen LogP contribution in [0.5, 0.6) is 0 Å². The summed E-state index contributed by atoms with van der Waals surface area (Å²) < 4.78 is 65.9. The molecule has 10 heteroatoms. The van der Waals surface area contributed by atoms with E-state index >= 15 is 0 Å². The number of hydrogen-bond donors (Lipinski definition) is 1. The lowest BCUT2D eigenvalue weighted by Gasteiger charge is -2.13. The van der Waals surface area contributed by atoms with Crippen LogP contribution in [-0.4, -0.2) is 23.4 Å². The van der Waals surface area contributed by atoms with E-state index in [1.807, 2.05) is 0 Å². The summed E-state index contributed by atoms with van der Waals surface area (Å²) in [6.45, 7) is 0. The van der Waals surface area contributed by atoms with Crippen LogP contribution in [0.15, 0.2) is 95.0 Å². The minimum Gasteiger partial charge on any atom is -0.340 e. The van der Waals surface area contributed by atoms with Crippen LogP contribution in [0, 0.1) is 0 Å². The third-order valence-electron chi connectivity index (χ3n) is 4.41. The van der Waals surface area contributed by atoms with Gasteiger partial charge in [-0.25, -0.2) is 18.4 Å². The molecule has 0 aliphatic carbocycles. The van der Waals surface area contributed by atoms with Gasteiger partial charge in [-0.15, -0.1) is 0 Å². The molecule has 0 unspecified atom stereocenters. The van der Waals surface area contributed by atoms with Crippen molar-refractivity contribution in [1.29, 1.82) is 0 Å². The number of nitrogens with zero attached hydrogens (tertiary/aromatic N) is 3. The van der Waals surface area contributed by atoms with Crippen molar-refractivity contribution in [2.24, 2.45) is 0 Å². The largest absolute Gasteiger partial charge is 0.433 e. The maximum atomic E-state index is 13.4. The molecule has 2 heterocycles. The summed E-state index contributed by atoms with van der Waals surface area (Å²) in [6.07, 6.45) is -1.86. The Hall–Kier alpha value is -3.79. The average Bonchev–Trinajstić information content (AvgIpc) is 2.80. The first-order chi connectivity index (χ1) is 15.2. The minimum atomic E-state index is -4.70.